The van der Waals surface area contributed by atoms with Gasteiger partial charge in [0.05, 0.1) is 17.6 Å². The number of sulfonamides is 1. The number of fused-ring (bicyclic) bond motifs is 8. The zero-order valence-electron chi connectivity index (χ0n) is 21.0. The van der Waals surface area contributed by atoms with E-state index in [2.05, 4.69) is 46.0 Å². The van der Waals surface area contributed by atoms with Crippen molar-refractivity contribution in [3.63, 3.8) is 0 Å². The molecule has 3 aromatic rings. The molecule has 0 amide bonds. The van der Waals surface area contributed by atoms with E-state index in [9.17, 15) is 13.5 Å². The Bertz CT molecular complexity index is 1480. The van der Waals surface area contributed by atoms with Crippen LogP contribution in [0.4, 0.5) is 0 Å². The van der Waals surface area contributed by atoms with Gasteiger partial charge in [0.2, 0.25) is 10.0 Å². The number of rotatable bonds is 6. The second-order valence-electron chi connectivity index (χ2n) is 10.5. The van der Waals surface area contributed by atoms with Gasteiger partial charge >= 0.3 is 0 Å². The van der Waals surface area contributed by atoms with Gasteiger partial charge in [0, 0.05) is 41.6 Å². The molecule has 3 aromatic carbocycles. The van der Waals surface area contributed by atoms with Crippen molar-refractivity contribution < 1.29 is 18.3 Å². The van der Waals surface area contributed by atoms with Crippen molar-refractivity contribution in [2.24, 2.45) is 0 Å². The molecule has 0 unspecified atom stereocenters. The number of nitrogens with one attached hydrogen (secondary N) is 1. The largest absolute Gasteiger partial charge is 0.497 e. The highest BCUT2D eigenvalue weighted by Gasteiger charge is 2.53. The molecule has 0 spiro atoms. The molecule has 0 saturated carbocycles. The highest BCUT2D eigenvalue weighted by Crippen LogP contribution is 2.61. The minimum absolute atomic E-state index is 0.0947. The normalized spacial score (nSPS) is 24.1. The molecule has 6 nitrogen and oxygen atoms in total. The number of ether oxygens (including phenoxy) is 1. The molecule has 37 heavy (non-hydrogen) atoms. The zero-order valence-corrected chi connectivity index (χ0v) is 22.6. The van der Waals surface area contributed by atoms with Crippen LogP contribution in [0.5, 0.6) is 5.75 Å². The maximum absolute atomic E-state index is 12.8. The minimum atomic E-state index is -3.74. The average molecular weight is 539 g/mol. The third-order valence-corrected chi connectivity index (χ3v) is 10.4. The number of benzene rings is 3. The van der Waals surface area contributed by atoms with Gasteiger partial charge in [-0.2, -0.15) is 0 Å². The molecule has 0 aromatic heterocycles. The van der Waals surface area contributed by atoms with E-state index in [-0.39, 0.29) is 10.3 Å². The van der Waals surface area contributed by atoms with Crippen LogP contribution in [0.1, 0.15) is 53.0 Å². The summed E-state index contributed by atoms with van der Waals surface area (Å²) in [5, 5.41) is 12.5. The molecular weight excluding hydrogens is 508 g/mol. The van der Waals surface area contributed by atoms with Crippen molar-refractivity contribution in [3.8, 4) is 5.75 Å². The second-order valence-corrected chi connectivity index (χ2v) is 12.8. The number of hydrogen-bond donors (Lipinski definition) is 2. The molecule has 1 fully saturated rings. The Hall–Kier alpha value is -2.42. The fraction of sp³-hybridized carbons (Fsp3) is 0.379. The van der Waals surface area contributed by atoms with Crippen molar-refractivity contribution in [2.45, 2.75) is 41.1 Å². The lowest BCUT2D eigenvalue weighted by atomic mass is 9.74. The number of methoxy groups -OCH3 is 1. The minimum Gasteiger partial charge on any atom is -0.497 e. The molecule has 1 aliphatic heterocycles. The lowest BCUT2D eigenvalue weighted by Gasteiger charge is -2.43. The van der Waals surface area contributed by atoms with Gasteiger partial charge in [-0.1, -0.05) is 41.9 Å². The van der Waals surface area contributed by atoms with Crippen LogP contribution in [0.15, 0.2) is 65.6 Å². The molecule has 3 aliphatic rings. The fourth-order valence-corrected chi connectivity index (χ4v) is 8.07. The maximum atomic E-state index is 12.8. The van der Waals surface area contributed by atoms with Crippen LogP contribution >= 0.6 is 11.6 Å². The first-order valence-corrected chi connectivity index (χ1v) is 14.5. The van der Waals surface area contributed by atoms with E-state index in [1.54, 1.807) is 12.1 Å². The molecule has 194 valence electrons. The van der Waals surface area contributed by atoms with Crippen molar-refractivity contribution in [2.75, 3.05) is 33.8 Å². The fourth-order valence-electron chi connectivity index (χ4n) is 6.90. The summed E-state index contributed by atoms with van der Waals surface area (Å²) >= 11 is 6.47. The van der Waals surface area contributed by atoms with Crippen molar-refractivity contribution >= 4 is 21.6 Å². The standard InChI is InChI=1S/C29H31ClN2O4S/c1-31-37(34,35)27-10-8-20(36-2)16-26(27)29(33)11-13-32(14-12-29)18-28-17-23(21-5-3-4-6-24(21)28)22-9-7-19(30)15-25(22)28/h3-10,15-16,23,31,33H,11-14,17-18H2,1-2H3/t23-,28+/m1/s1. The third kappa shape index (κ3) is 3.82. The molecule has 8 heteroatoms. The van der Waals surface area contributed by atoms with E-state index < -0.39 is 15.6 Å². The Balaban J connectivity index is 1.31. The molecule has 1 heterocycles. The highest BCUT2D eigenvalue weighted by molar-refractivity contribution is 7.89. The van der Waals surface area contributed by atoms with Crippen molar-refractivity contribution in [1.82, 2.24) is 9.62 Å². The van der Waals surface area contributed by atoms with E-state index in [0.717, 1.165) is 18.0 Å². The molecule has 0 radical (unpaired) electrons. The average Bonchev–Trinajstić information content (AvgIpc) is 3.41. The Morgan fingerprint density at radius 2 is 1.76 bits per heavy atom. The summed E-state index contributed by atoms with van der Waals surface area (Å²) in [5.41, 5.74) is 4.47. The Labute approximate surface area is 223 Å². The Morgan fingerprint density at radius 3 is 2.49 bits per heavy atom. The quantitative estimate of drug-likeness (QED) is 0.487. The van der Waals surface area contributed by atoms with Crippen LogP contribution in [0.2, 0.25) is 5.02 Å². The van der Waals surface area contributed by atoms with Crippen LogP contribution in [-0.2, 0) is 21.0 Å². The Kier molecular flexibility index (Phi) is 5.93. The predicted molar refractivity (Wildman–Crippen MR) is 144 cm³/mol. The third-order valence-electron chi connectivity index (χ3n) is 8.73. The summed E-state index contributed by atoms with van der Waals surface area (Å²) in [5.74, 6) is 0.907. The number of aliphatic hydroxyl groups is 1. The number of hydrogen-bond acceptors (Lipinski definition) is 5. The molecule has 2 bridgehead atoms. The van der Waals surface area contributed by atoms with Gasteiger partial charge in [0.1, 0.15) is 5.75 Å². The number of nitrogens with zero attached hydrogens (tertiary/aromatic N) is 1. The molecule has 2 aliphatic carbocycles. The first kappa shape index (κ1) is 24.9. The molecule has 2 atom stereocenters. The highest BCUT2D eigenvalue weighted by atomic mass is 35.5. The summed E-state index contributed by atoms with van der Waals surface area (Å²) < 4.78 is 33.3. The SMILES string of the molecule is CNS(=O)(=O)c1ccc(OC)cc1C1(O)CCN(C[C@@]23C[C@H](c4ccccc42)c2ccc(Cl)cc23)CC1. The van der Waals surface area contributed by atoms with Gasteiger partial charge in [-0.3, -0.25) is 0 Å². The van der Waals surface area contributed by atoms with Crippen LogP contribution in [0.25, 0.3) is 0 Å². The van der Waals surface area contributed by atoms with Gasteiger partial charge in [-0.15, -0.1) is 0 Å². The smallest absolute Gasteiger partial charge is 0.240 e. The molecule has 1 saturated heterocycles. The van der Waals surface area contributed by atoms with Gasteiger partial charge in [-0.05, 0) is 78.9 Å². The van der Waals surface area contributed by atoms with Crippen LogP contribution < -0.4 is 9.46 Å². The summed E-state index contributed by atoms with van der Waals surface area (Å²) in [4.78, 5) is 2.51. The first-order chi connectivity index (χ1) is 17.7. The maximum Gasteiger partial charge on any atom is 0.240 e. The van der Waals surface area contributed by atoms with Crippen LogP contribution in [0.3, 0.4) is 0 Å². The summed E-state index contributed by atoms with van der Waals surface area (Å²) in [7, 11) is -0.824. The van der Waals surface area contributed by atoms with E-state index >= 15 is 0 Å². The lowest BCUT2D eigenvalue weighted by molar-refractivity contribution is -0.0312. The summed E-state index contributed by atoms with van der Waals surface area (Å²) in [6, 6.07) is 19.8. The lowest BCUT2D eigenvalue weighted by Crippen LogP contribution is -2.48. The van der Waals surface area contributed by atoms with Gasteiger partial charge in [0.15, 0.2) is 0 Å². The predicted octanol–water partition coefficient (Wildman–Crippen LogP) is 4.38. The Morgan fingerprint density at radius 1 is 1.03 bits per heavy atom. The summed E-state index contributed by atoms with van der Waals surface area (Å²) in [6.07, 6.45) is 1.88. The molecule has 2 N–H and O–H groups in total. The first-order valence-electron chi connectivity index (χ1n) is 12.7. The van der Waals surface area contributed by atoms with Crippen molar-refractivity contribution in [1.29, 1.82) is 0 Å². The number of likely N-dealkylation sites (tertiary alicyclic amines) is 1. The van der Waals surface area contributed by atoms with Gasteiger partial charge in [0.25, 0.3) is 0 Å². The van der Waals surface area contributed by atoms with Crippen molar-refractivity contribution in [3.05, 3.63) is 93.5 Å². The number of piperidine rings is 1. The van der Waals surface area contributed by atoms with Crippen LogP contribution in [-0.4, -0.2) is 52.2 Å². The van der Waals surface area contributed by atoms with E-state index in [1.807, 2.05) is 6.07 Å². The molecule has 6 rings (SSSR count). The number of halogens is 1. The monoisotopic (exact) mass is 538 g/mol. The van der Waals surface area contributed by atoms with E-state index in [0.29, 0.717) is 43.2 Å². The van der Waals surface area contributed by atoms with Crippen LogP contribution in [0, 0.1) is 0 Å². The van der Waals surface area contributed by atoms with E-state index in [1.165, 1.54) is 42.5 Å². The topological polar surface area (TPSA) is 78.9 Å². The van der Waals surface area contributed by atoms with Gasteiger partial charge in [-0.25, -0.2) is 13.1 Å². The zero-order chi connectivity index (χ0) is 26.0. The summed E-state index contributed by atoms with van der Waals surface area (Å²) in [6.45, 7) is 2.14. The molecular formula is C29H31ClN2O4S. The second kappa shape index (κ2) is 8.82. The van der Waals surface area contributed by atoms with Gasteiger partial charge < -0.3 is 14.7 Å². The van der Waals surface area contributed by atoms with E-state index in [4.69, 9.17) is 16.3 Å².